The smallest absolute Gasteiger partial charge is 0.130 e. The maximum atomic E-state index is 12.0. The van der Waals surface area contributed by atoms with Crippen molar-refractivity contribution >= 4 is 5.78 Å². The van der Waals surface area contributed by atoms with Gasteiger partial charge in [-0.25, -0.2) is 4.98 Å². The Labute approximate surface area is 220 Å². The molecule has 188 valence electrons. The van der Waals surface area contributed by atoms with Gasteiger partial charge in [0.05, 0.1) is 12.0 Å². The van der Waals surface area contributed by atoms with E-state index < -0.39 is 5.54 Å². The Bertz CT molecular complexity index is 1230. The highest BCUT2D eigenvalue weighted by atomic mass is 16.1. The fourth-order valence-corrected chi connectivity index (χ4v) is 7.15. The van der Waals surface area contributed by atoms with Crippen LogP contribution < -0.4 is 0 Å². The van der Waals surface area contributed by atoms with Gasteiger partial charge in [-0.05, 0) is 60.6 Å². The van der Waals surface area contributed by atoms with Crippen molar-refractivity contribution in [2.75, 3.05) is 0 Å². The van der Waals surface area contributed by atoms with Crippen molar-refractivity contribution in [1.29, 1.82) is 0 Å². The van der Waals surface area contributed by atoms with Gasteiger partial charge in [0.1, 0.15) is 11.3 Å². The van der Waals surface area contributed by atoms with Crippen molar-refractivity contribution in [2.45, 2.75) is 56.9 Å². The molecule has 2 aliphatic carbocycles. The lowest BCUT2D eigenvalue weighted by molar-refractivity contribution is -0.118. The summed E-state index contributed by atoms with van der Waals surface area (Å²) in [5.74, 6) is 2.72. The van der Waals surface area contributed by atoms with Crippen molar-refractivity contribution in [3.05, 3.63) is 126 Å². The molecule has 2 aliphatic rings. The van der Waals surface area contributed by atoms with Crippen LogP contribution in [0.25, 0.3) is 0 Å². The molecule has 2 unspecified atom stereocenters. The van der Waals surface area contributed by atoms with Crippen LogP contribution in [-0.2, 0) is 10.3 Å². The van der Waals surface area contributed by atoms with Crippen LogP contribution in [-0.4, -0.2) is 15.3 Å². The predicted molar refractivity (Wildman–Crippen MR) is 148 cm³/mol. The molecule has 0 saturated heterocycles. The van der Waals surface area contributed by atoms with Crippen molar-refractivity contribution in [3.8, 4) is 0 Å². The first kappa shape index (κ1) is 23.9. The number of hydrogen-bond donors (Lipinski definition) is 0. The van der Waals surface area contributed by atoms with Gasteiger partial charge in [-0.2, -0.15) is 0 Å². The highest BCUT2D eigenvalue weighted by molar-refractivity contribution is 5.75. The first-order valence-electron chi connectivity index (χ1n) is 13.9. The molecule has 3 nitrogen and oxygen atoms in total. The molecule has 1 aromatic heterocycles. The Morgan fingerprint density at radius 1 is 0.811 bits per heavy atom. The van der Waals surface area contributed by atoms with Crippen molar-refractivity contribution in [3.63, 3.8) is 0 Å². The van der Waals surface area contributed by atoms with E-state index in [4.69, 9.17) is 4.98 Å². The molecule has 3 heteroatoms. The van der Waals surface area contributed by atoms with Gasteiger partial charge in [0.15, 0.2) is 0 Å². The SMILES string of the molecule is CC(=O)CC1CCCC[C@H]1C1C[C@@H]1c1cn(C(c2ccccc2)(c2ccccc2)c2ccccc2)cn1. The van der Waals surface area contributed by atoms with Crippen LogP contribution in [0.2, 0.25) is 0 Å². The number of imidazole rings is 1. The molecule has 4 atom stereocenters. The third kappa shape index (κ3) is 4.45. The number of Topliss-reactive ketones (excluding diaryl/α,β-unsaturated/α-hetero) is 1. The summed E-state index contributed by atoms with van der Waals surface area (Å²) in [5.41, 5.74) is 4.35. The second-order valence-electron chi connectivity index (χ2n) is 11.1. The van der Waals surface area contributed by atoms with Crippen LogP contribution in [0.1, 0.15) is 73.8 Å². The van der Waals surface area contributed by atoms with E-state index in [-0.39, 0.29) is 0 Å². The summed E-state index contributed by atoms with van der Waals surface area (Å²) < 4.78 is 2.34. The Morgan fingerprint density at radius 3 is 1.89 bits per heavy atom. The topological polar surface area (TPSA) is 34.9 Å². The van der Waals surface area contributed by atoms with Gasteiger partial charge in [-0.15, -0.1) is 0 Å². The minimum absolute atomic E-state index is 0.344. The van der Waals surface area contributed by atoms with E-state index in [1.807, 2.05) is 6.33 Å². The summed E-state index contributed by atoms with van der Waals surface area (Å²) in [7, 11) is 0. The molecule has 0 N–H and O–H groups in total. The fourth-order valence-electron chi connectivity index (χ4n) is 7.15. The number of carbonyl (C=O) groups excluding carboxylic acids is 1. The lowest BCUT2D eigenvalue weighted by Crippen LogP contribution is -2.36. The maximum Gasteiger partial charge on any atom is 0.130 e. The molecule has 4 aromatic rings. The quantitative estimate of drug-likeness (QED) is 0.239. The van der Waals surface area contributed by atoms with Crippen LogP contribution in [0.4, 0.5) is 0 Å². The zero-order valence-corrected chi connectivity index (χ0v) is 21.7. The molecule has 2 saturated carbocycles. The molecule has 0 aliphatic heterocycles. The van der Waals surface area contributed by atoms with Crippen molar-refractivity contribution in [2.24, 2.45) is 17.8 Å². The molecule has 6 rings (SSSR count). The third-order valence-electron chi connectivity index (χ3n) is 8.85. The van der Waals surface area contributed by atoms with Gasteiger partial charge in [-0.3, -0.25) is 0 Å². The Hall–Kier alpha value is -3.46. The van der Waals surface area contributed by atoms with Gasteiger partial charge in [-0.1, -0.05) is 104 Å². The molecule has 0 radical (unpaired) electrons. The minimum Gasteiger partial charge on any atom is -0.319 e. The standard InChI is InChI=1S/C34H36N2O/c1-25(37)21-26-13-11-12-20-30(26)31-22-32(31)33-23-36(24-35-33)34(27-14-5-2-6-15-27,28-16-7-3-8-17-28)29-18-9-4-10-19-29/h2-10,14-19,23-24,26,30-32H,11-13,20-22H2,1H3/t26?,30-,31?,32+/m1/s1. The van der Waals surface area contributed by atoms with Gasteiger partial charge in [0.2, 0.25) is 0 Å². The molecule has 37 heavy (non-hydrogen) atoms. The number of rotatable bonds is 8. The second-order valence-corrected chi connectivity index (χ2v) is 11.1. The second kappa shape index (κ2) is 10.1. The van der Waals surface area contributed by atoms with E-state index in [0.29, 0.717) is 29.5 Å². The van der Waals surface area contributed by atoms with E-state index >= 15 is 0 Å². The molecule has 0 spiro atoms. The van der Waals surface area contributed by atoms with E-state index in [2.05, 4.69) is 102 Å². The third-order valence-corrected chi connectivity index (χ3v) is 8.85. The molecule has 1 heterocycles. The number of benzene rings is 3. The number of nitrogens with zero attached hydrogens (tertiary/aromatic N) is 2. The number of ketones is 1. The van der Waals surface area contributed by atoms with E-state index in [1.165, 1.54) is 54.5 Å². The number of aromatic nitrogens is 2. The summed E-state index contributed by atoms with van der Waals surface area (Å²) in [6, 6.07) is 32.4. The van der Waals surface area contributed by atoms with Gasteiger partial charge in [0.25, 0.3) is 0 Å². The van der Waals surface area contributed by atoms with Crippen LogP contribution in [0.15, 0.2) is 104 Å². The zero-order chi connectivity index (χ0) is 25.2. The normalized spacial score (nSPS) is 23.5. The predicted octanol–water partition coefficient (Wildman–Crippen LogP) is 7.61. The molecule has 0 amide bonds. The maximum absolute atomic E-state index is 12.0. The largest absolute Gasteiger partial charge is 0.319 e. The average Bonchev–Trinajstić information content (AvgIpc) is 3.59. The molecular weight excluding hydrogens is 452 g/mol. The summed E-state index contributed by atoms with van der Waals surface area (Å²) in [6.07, 6.45) is 11.4. The van der Waals surface area contributed by atoms with E-state index in [1.54, 1.807) is 6.92 Å². The van der Waals surface area contributed by atoms with E-state index in [9.17, 15) is 4.79 Å². The summed E-state index contributed by atoms with van der Waals surface area (Å²) in [4.78, 5) is 17.0. The fraction of sp³-hybridized carbons (Fsp3) is 0.353. The number of carbonyl (C=O) groups is 1. The monoisotopic (exact) mass is 488 g/mol. The Morgan fingerprint density at radius 2 is 1.35 bits per heavy atom. The lowest BCUT2D eigenvalue weighted by Gasteiger charge is -2.37. The van der Waals surface area contributed by atoms with Crippen molar-refractivity contribution in [1.82, 2.24) is 9.55 Å². The van der Waals surface area contributed by atoms with Gasteiger partial charge < -0.3 is 9.36 Å². The molecule has 0 bridgehead atoms. The van der Waals surface area contributed by atoms with Gasteiger partial charge in [0, 0.05) is 18.5 Å². The van der Waals surface area contributed by atoms with Crippen LogP contribution in [0, 0.1) is 17.8 Å². The molecular formula is C34H36N2O. The van der Waals surface area contributed by atoms with E-state index in [0.717, 1.165) is 6.42 Å². The first-order valence-corrected chi connectivity index (χ1v) is 13.9. The van der Waals surface area contributed by atoms with Gasteiger partial charge >= 0.3 is 0 Å². The lowest BCUT2D eigenvalue weighted by atomic mass is 9.74. The summed E-state index contributed by atoms with van der Waals surface area (Å²) >= 11 is 0. The zero-order valence-electron chi connectivity index (χ0n) is 21.7. The van der Waals surface area contributed by atoms with Crippen LogP contribution in [0.3, 0.4) is 0 Å². The molecule has 3 aromatic carbocycles. The Kier molecular flexibility index (Phi) is 6.54. The highest BCUT2D eigenvalue weighted by Gasteiger charge is 2.48. The highest BCUT2D eigenvalue weighted by Crippen LogP contribution is 2.57. The average molecular weight is 489 g/mol. The number of hydrogen-bond acceptors (Lipinski definition) is 2. The Balaban J connectivity index is 1.41. The van der Waals surface area contributed by atoms with Crippen LogP contribution in [0.5, 0.6) is 0 Å². The minimum atomic E-state index is -0.512. The first-order chi connectivity index (χ1) is 18.2. The molecule has 2 fully saturated rings. The van der Waals surface area contributed by atoms with Crippen LogP contribution >= 0.6 is 0 Å². The summed E-state index contributed by atoms with van der Waals surface area (Å²) in [6.45, 7) is 1.76. The van der Waals surface area contributed by atoms with Crippen molar-refractivity contribution < 1.29 is 4.79 Å². The summed E-state index contributed by atoms with van der Waals surface area (Å²) in [5, 5.41) is 0.